The van der Waals surface area contributed by atoms with E-state index in [4.69, 9.17) is 11.6 Å². The Morgan fingerprint density at radius 2 is 1.62 bits per heavy atom. The van der Waals surface area contributed by atoms with Crippen LogP contribution < -0.4 is 5.32 Å². The molecule has 0 aliphatic heterocycles. The lowest BCUT2D eigenvalue weighted by atomic mass is 10.1. The van der Waals surface area contributed by atoms with Gasteiger partial charge in [0.15, 0.2) is 0 Å². The van der Waals surface area contributed by atoms with Gasteiger partial charge in [0, 0.05) is 18.0 Å². The Balaban J connectivity index is 2.12. The lowest BCUT2D eigenvalue weighted by Crippen LogP contribution is -2.11. The first-order valence-corrected chi connectivity index (χ1v) is 8.74. The van der Waals surface area contributed by atoms with Crippen molar-refractivity contribution in [2.24, 2.45) is 0 Å². The Bertz CT molecular complexity index is 389. The average molecular weight is 310 g/mol. The number of benzene rings is 1. The fraction of sp³-hybridized carbons (Fsp3) is 0.611. The molecule has 0 unspecified atom stereocenters. The number of hydrogen-bond acceptors (Lipinski definition) is 1. The molecule has 1 aromatic carbocycles. The van der Waals surface area contributed by atoms with Gasteiger partial charge in [-0.05, 0) is 30.5 Å². The van der Waals surface area contributed by atoms with E-state index in [1.54, 1.807) is 0 Å². The Labute approximate surface area is 134 Å². The summed E-state index contributed by atoms with van der Waals surface area (Å²) in [7, 11) is 0. The van der Waals surface area contributed by atoms with E-state index in [2.05, 4.69) is 12.2 Å². The molecule has 118 valence electrons. The van der Waals surface area contributed by atoms with Crippen molar-refractivity contribution < 1.29 is 4.79 Å². The van der Waals surface area contributed by atoms with E-state index in [1.807, 2.05) is 24.3 Å². The van der Waals surface area contributed by atoms with E-state index in [0.717, 1.165) is 24.9 Å². The first kappa shape index (κ1) is 18.0. The normalized spacial score (nSPS) is 10.6. The fourth-order valence-corrected chi connectivity index (χ4v) is 2.55. The molecular weight excluding hydrogens is 282 g/mol. The minimum Gasteiger partial charge on any atom is -0.326 e. The van der Waals surface area contributed by atoms with Gasteiger partial charge in [0.05, 0.1) is 0 Å². The number of halogens is 1. The van der Waals surface area contributed by atoms with Gasteiger partial charge >= 0.3 is 0 Å². The summed E-state index contributed by atoms with van der Waals surface area (Å²) >= 11 is 5.70. The monoisotopic (exact) mass is 309 g/mol. The van der Waals surface area contributed by atoms with Crippen molar-refractivity contribution in [3.05, 3.63) is 29.8 Å². The van der Waals surface area contributed by atoms with Gasteiger partial charge in [0.2, 0.25) is 5.91 Å². The molecule has 21 heavy (non-hydrogen) atoms. The van der Waals surface area contributed by atoms with E-state index in [0.29, 0.717) is 12.3 Å². The van der Waals surface area contributed by atoms with Gasteiger partial charge in [-0.25, -0.2) is 0 Å². The lowest BCUT2D eigenvalue weighted by molar-refractivity contribution is -0.116. The molecule has 0 saturated carbocycles. The van der Waals surface area contributed by atoms with E-state index in [-0.39, 0.29) is 5.91 Å². The highest BCUT2D eigenvalue weighted by Gasteiger charge is 2.02. The van der Waals surface area contributed by atoms with Gasteiger partial charge in [-0.3, -0.25) is 4.79 Å². The maximum Gasteiger partial charge on any atom is 0.224 e. The van der Waals surface area contributed by atoms with E-state index < -0.39 is 0 Å². The van der Waals surface area contributed by atoms with Crippen LogP contribution in [0.25, 0.3) is 0 Å². The van der Waals surface area contributed by atoms with Crippen LogP contribution in [0.4, 0.5) is 5.69 Å². The summed E-state index contributed by atoms with van der Waals surface area (Å²) in [4.78, 5) is 11.8. The minimum atomic E-state index is 0.119. The maximum absolute atomic E-state index is 11.8. The van der Waals surface area contributed by atoms with Crippen LogP contribution >= 0.6 is 11.6 Å². The summed E-state index contributed by atoms with van der Waals surface area (Å²) in [5.74, 6) is 0.748. The number of rotatable bonds is 11. The number of nitrogens with one attached hydrogen (secondary N) is 1. The fourth-order valence-electron chi connectivity index (χ4n) is 2.33. The highest BCUT2D eigenvalue weighted by atomic mass is 35.5. The SMILES string of the molecule is CCCCCCCCCC(=O)Nc1ccc(CCCl)cc1. The molecular formula is C18H28ClNO. The summed E-state index contributed by atoms with van der Waals surface area (Å²) in [6, 6.07) is 7.94. The first-order chi connectivity index (χ1) is 10.3. The number of aryl methyl sites for hydroxylation is 1. The van der Waals surface area contributed by atoms with Crippen LogP contribution in [0.2, 0.25) is 0 Å². The zero-order valence-electron chi connectivity index (χ0n) is 13.2. The van der Waals surface area contributed by atoms with Crippen molar-refractivity contribution in [2.45, 2.75) is 64.7 Å². The molecule has 1 amide bonds. The molecule has 0 fully saturated rings. The highest BCUT2D eigenvalue weighted by Crippen LogP contribution is 2.12. The van der Waals surface area contributed by atoms with E-state index in [9.17, 15) is 4.79 Å². The first-order valence-electron chi connectivity index (χ1n) is 8.21. The Morgan fingerprint density at radius 3 is 2.24 bits per heavy atom. The predicted octanol–water partition coefficient (Wildman–Crippen LogP) is 5.55. The third kappa shape index (κ3) is 8.77. The second kappa shape index (κ2) is 11.6. The Hall–Kier alpha value is -1.02. The number of hydrogen-bond donors (Lipinski definition) is 1. The van der Waals surface area contributed by atoms with Crippen molar-refractivity contribution in [1.29, 1.82) is 0 Å². The number of carbonyl (C=O) groups excluding carboxylic acids is 1. The molecule has 2 nitrogen and oxygen atoms in total. The van der Waals surface area contributed by atoms with Crippen LogP contribution in [0.3, 0.4) is 0 Å². The zero-order chi connectivity index (χ0) is 15.3. The molecule has 3 heteroatoms. The number of carbonyl (C=O) groups is 1. The summed E-state index contributed by atoms with van der Waals surface area (Å²) in [5.41, 5.74) is 2.08. The van der Waals surface area contributed by atoms with Crippen LogP contribution in [0.1, 0.15) is 63.9 Å². The topological polar surface area (TPSA) is 29.1 Å². The van der Waals surface area contributed by atoms with E-state index in [1.165, 1.54) is 37.7 Å². The molecule has 1 N–H and O–H groups in total. The summed E-state index contributed by atoms with van der Waals surface area (Å²) < 4.78 is 0. The van der Waals surface area contributed by atoms with Gasteiger partial charge in [-0.2, -0.15) is 0 Å². The predicted molar refractivity (Wildman–Crippen MR) is 92.1 cm³/mol. The molecule has 0 saturated heterocycles. The zero-order valence-corrected chi connectivity index (χ0v) is 13.9. The largest absolute Gasteiger partial charge is 0.326 e. The number of anilines is 1. The smallest absolute Gasteiger partial charge is 0.224 e. The standard InChI is InChI=1S/C18H28ClNO/c1-2-3-4-5-6-7-8-9-18(21)20-17-12-10-16(11-13-17)14-15-19/h10-13H,2-9,14-15H2,1H3,(H,20,21). The molecule has 0 atom stereocenters. The number of unbranched alkanes of at least 4 members (excludes halogenated alkanes) is 6. The molecule has 0 spiro atoms. The Morgan fingerprint density at radius 1 is 1.00 bits per heavy atom. The van der Waals surface area contributed by atoms with Crippen LogP contribution in [-0.2, 0) is 11.2 Å². The van der Waals surface area contributed by atoms with Crippen LogP contribution in [-0.4, -0.2) is 11.8 Å². The molecule has 1 aromatic rings. The van der Waals surface area contributed by atoms with Crippen LogP contribution in [0, 0.1) is 0 Å². The van der Waals surface area contributed by atoms with Gasteiger partial charge in [-0.1, -0.05) is 57.6 Å². The molecule has 0 bridgehead atoms. The lowest BCUT2D eigenvalue weighted by Gasteiger charge is -2.06. The summed E-state index contributed by atoms with van der Waals surface area (Å²) in [6.45, 7) is 2.23. The van der Waals surface area contributed by atoms with E-state index >= 15 is 0 Å². The Kier molecular flexibility index (Phi) is 9.98. The average Bonchev–Trinajstić information content (AvgIpc) is 2.49. The molecule has 0 aliphatic carbocycles. The van der Waals surface area contributed by atoms with Crippen molar-refractivity contribution in [3.8, 4) is 0 Å². The van der Waals surface area contributed by atoms with Crippen molar-refractivity contribution in [2.75, 3.05) is 11.2 Å². The van der Waals surface area contributed by atoms with Gasteiger partial charge < -0.3 is 5.32 Å². The molecule has 0 heterocycles. The number of alkyl halides is 1. The summed E-state index contributed by atoms with van der Waals surface area (Å²) in [5, 5.41) is 2.95. The second-order valence-electron chi connectivity index (χ2n) is 5.56. The molecule has 0 radical (unpaired) electrons. The molecule has 1 rings (SSSR count). The minimum absolute atomic E-state index is 0.119. The third-order valence-electron chi connectivity index (χ3n) is 3.63. The quantitative estimate of drug-likeness (QED) is 0.421. The molecule has 0 aromatic heterocycles. The van der Waals surface area contributed by atoms with Gasteiger partial charge in [-0.15, -0.1) is 11.6 Å². The molecule has 0 aliphatic rings. The number of amides is 1. The van der Waals surface area contributed by atoms with Gasteiger partial charge in [0.25, 0.3) is 0 Å². The maximum atomic E-state index is 11.8. The van der Waals surface area contributed by atoms with Crippen molar-refractivity contribution in [1.82, 2.24) is 0 Å². The van der Waals surface area contributed by atoms with Crippen molar-refractivity contribution in [3.63, 3.8) is 0 Å². The summed E-state index contributed by atoms with van der Waals surface area (Å²) in [6.07, 6.45) is 10.1. The highest BCUT2D eigenvalue weighted by molar-refractivity contribution is 6.17. The van der Waals surface area contributed by atoms with Crippen LogP contribution in [0.5, 0.6) is 0 Å². The van der Waals surface area contributed by atoms with Crippen LogP contribution in [0.15, 0.2) is 24.3 Å². The van der Waals surface area contributed by atoms with Gasteiger partial charge in [0.1, 0.15) is 0 Å². The van der Waals surface area contributed by atoms with Crippen molar-refractivity contribution >= 4 is 23.2 Å². The third-order valence-corrected chi connectivity index (χ3v) is 3.82. The second-order valence-corrected chi connectivity index (χ2v) is 5.93.